The first-order chi connectivity index (χ1) is 13.9. The van der Waals surface area contributed by atoms with E-state index in [4.69, 9.17) is 9.47 Å². The molecular formula is C22H23F3O3S. The van der Waals surface area contributed by atoms with Crippen LogP contribution >= 0.6 is 11.8 Å². The summed E-state index contributed by atoms with van der Waals surface area (Å²) in [7, 11) is 0. The van der Waals surface area contributed by atoms with E-state index < -0.39 is 35.4 Å². The molecule has 0 bridgehead atoms. The monoisotopic (exact) mass is 424 g/mol. The first-order valence-corrected chi connectivity index (χ1v) is 10.5. The van der Waals surface area contributed by atoms with E-state index in [1.165, 1.54) is 12.1 Å². The second-order valence-electron chi connectivity index (χ2n) is 6.91. The summed E-state index contributed by atoms with van der Waals surface area (Å²) in [6.07, 6.45) is -2.43. The Labute approximate surface area is 172 Å². The van der Waals surface area contributed by atoms with Gasteiger partial charge >= 0.3 is 5.97 Å². The Bertz CT molecular complexity index is 847. The Hall–Kier alpha value is -1.99. The van der Waals surface area contributed by atoms with Crippen molar-refractivity contribution < 1.29 is 27.4 Å². The number of thioether (sulfide) groups is 1. The van der Waals surface area contributed by atoms with Crippen molar-refractivity contribution in [3.63, 3.8) is 0 Å². The topological polar surface area (TPSA) is 35.5 Å². The van der Waals surface area contributed by atoms with Crippen LogP contribution in [-0.2, 0) is 9.47 Å². The van der Waals surface area contributed by atoms with Crippen molar-refractivity contribution in [3.05, 3.63) is 64.5 Å². The standard InChI is InChI=1S/C22H23F3O3S/c1-3-29-18-11-9-16(20(23)19(18)21(24)25)22(26)28-15-8-10-17(27-12-15)14-6-4-13(2)5-7-14/h4-7,9,11,15,17,21H,3,8,10,12H2,1-2H3. The Balaban J connectivity index is 1.65. The molecule has 1 aliphatic heterocycles. The molecule has 1 fully saturated rings. The number of alkyl halides is 2. The highest BCUT2D eigenvalue weighted by Crippen LogP contribution is 2.35. The lowest BCUT2D eigenvalue weighted by atomic mass is 9.99. The van der Waals surface area contributed by atoms with Gasteiger partial charge in [-0.2, -0.15) is 0 Å². The highest BCUT2D eigenvalue weighted by molar-refractivity contribution is 7.99. The third-order valence-corrected chi connectivity index (χ3v) is 5.79. The maximum Gasteiger partial charge on any atom is 0.341 e. The summed E-state index contributed by atoms with van der Waals surface area (Å²) in [5, 5.41) is 0. The predicted octanol–water partition coefficient (Wildman–Crippen LogP) is 6.26. The van der Waals surface area contributed by atoms with E-state index >= 15 is 0 Å². The number of aryl methyl sites for hydroxylation is 1. The number of carbonyl (C=O) groups excluding carboxylic acids is 1. The number of esters is 1. The first-order valence-electron chi connectivity index (χ1n) is 9.53. The smallest absolute Gasteiger partial charge is 0.341 e. The van der Waals surface area contributed by atoms with Crippen molar-refractivity contribution in [1.29, 1.82) is 0 Å². The molecule has 1 heterocycles. The highest BCUT2D eigenvalue weighted by Gasteiger charge is 2.29. The SMILES string of the molecule is CCSc1ccc(C(=O)OC2CCC(c3ccc(C)cc3)OC2)c(F)c1C(F)F. The number of ether oxygens (including phenoxy) is 2. The summed E-state index contributed by atoms with van der Waals surface area (Å²) in [4.78, 5) is 12.5. The van der Waals surface area contributed by atoms with Crippen LogP contribution in [0.4, 0.5) is 13.2 Å². The van der Waals surface area contributed by atoms with Crippen LogP contribution < -0.4 is 0 Å². The second-order valence-corrected chi connectivity index (χ2v) is 8.22. The van der Waals surface area contributed by atoms with Crippen molar-refractivity contribution in [3.8, 4) is 0 Å². The molecule has 1 aliphatic rings. The molecule has 0 aromatic heterocycles. The number of hydrogen-bond donors (Lipinski definition) is 0. The lowest BCUT2D eigenvalue weighted by Gasteiger charge is -2.29. The van der Waals surface area contributed by atoms with Gasteiger partial charge in [0.25, 0.3) is 6.43 Å². The van der Waals surface area contributed by atoms with Crippen LogP contribution in [-0.4, -0.2) is 24.4 Å². The Morgan fingerprint density at radius 3 is 2.52 bits per heavy atom. The zero-order valence-corrected chi connectivity index (χ0v) is 17.1. The summed E-state index contributed by atoms with van der Waals surface area (Å²) in [5.41, 5.74) is 0.994. The van der Waals surface area contributed by atoms with Crippen molar-refractivity contribution in [1.82, 2.24) is 0 Å². The minimum absolute atomic E-state index is 0.0851. The zero-order chi connectivity index (χ0) is 21.0. The van der Waals surface area contributed by atoms with E-state index in [9.17, 15) is 18.0 Å². The summed E-state index contributed by atoms with van der Waals surface area (Å²) in [6, 6.07) is 10.6. The summed E-state index contributed by atoms with van der Waals surface area (Å²) >= 11 is 1.11. The lowest BCUT2D eigenvalue weighted by Crippen LogP contribution is -2.30. The fourth-order valence-electron chi connectivity index (χ4n) is 3.30. The molecule has 2 aromatic carbocycles. The van der Waals surface area contributed by atoms with Crippen molar-refractivity contribution in [2.75, 3.05) is 12.4 Å². The molecule has 0 spiro atoms. The van der Waals surface area contributed by atoms with Crippen LogP contribution in [0.3, 0.4) is 0 Å². The minimum atomic E-state index is -3.01. The van der Waals surface area contributed by atoms with Crippen molar-refractivity contribution >= 4 is 17.7 Å². The lowest BCUT2D eigenvalue weighted by molar-refractivity contribution is -0.0681. The average molecular weight is 424 g/mol. The van der Waals surface area contributed by atoms with E-state index in [1.54, 1.807) is 6.92 Å². The number of halogens is 3. The molecule has 0 radical (unpaired) electrons. The van der Waals surface area contributed by atoms with Crippen LogP contribution in [0.25, 0.3) is 0 Å². The van der Waals surface area contributed by atoms with Gasteiger partial charge in [0.15, 0.2) is 0 Å². The predicted molar refractivity (Wildman–Crippen MR) is 106 cm³/mol. The van der Waals surface area contributed by atoms with E-state index in [2.05, 4.69) is 0 Å². The Morgan fingerprint density at radius 1 is 1.21 bits per heavy atom. The van der Waals surface area contributed by atoms with Gasteiger partial charge in [-0.1, -0.05) is 36.8 Å². The van der Waals surface area contributed by atoms with Crippen molar-refractivity contribution in [2.24, 2.45) is 0 Å². The van der Waals surface area contributed by atoms with Gasteiger partial charge in [0, 0.05) is 4.90 Å². The molecule has 2 aromatic rings. The fourth-order valence-corrected chi connectivity index (χ4v) is 4.11. The number of rotatable bonds is 6. The average Bonchev–Trinajstić information content (AvgIpc) is 2.69. The van der Waals surface area contributed by atoms with Gasteiger partial charge in [-0.3, -0.25) is 0 Å². The Kier molecular flexibility index (Phi) is 7.24. The van der Waals surface area contributed by atoms with E-state index in [0.29, 0.717) is 18.6 Å². The maximum absolute atomic E-state index is 14.6. The highest BCUT2D eigenvalue weighted by atomic mass is 32.2. The minimum Gasteiger partial charge on any atom is -0.456 e. The molecule has 7 heteroatoms. The summed E-state index contributed by atoms with van der Waals surface area (Å²) in [6.45, 7) is 3.97. The van der Waals surface area contributed by atoms with Crippen LogP contribution in [0.2, 0.25) is 0 Å². The largest absolute Gasteiger partial charge is 0.456 e. The molecule has 29 heavy (non-hydrogen) atoms. The molecule has 0 amide bonds. The Morgan fingerprint density at radius 2 is 1.93 bits per heavy atom. The third-order valence-electron chi connectivity index (χ3n) is 4.83. The zero-order valence-electron chi connectivity index (χ0n) is 16.3. The summed E-state index contributed by atoms with van der Waals surface area (Å²) < 4.78 is 52.4. The second kappa shape index (κ2) is 9.67. The molecule has 3 nitrogen and oxygen atoms in total. The molecule has 2 atom stereocenters. The quantitative estimate of drug-likeness (QED) is 0.405. The first kappa shape index (κ1) is 21.7. The number of carbonyl (C=O) groups is 1. The van der Waals surface area contributed by atoms with Crippen LogP contribution in [0.15, 0.2) is 41.3 Å². The van der Waals surface area contributed by atoms with Crippen LogP contribution in [0, 0.1) is 12.7 Å². The molecule has 0 saturated carbocycles. The molecule has 0 N–H and O–H groups in total. The number of benzene rings is 2. The van der Waals surface area contributed by atoms with Crippen molar-refractivity contribution in [2.45, 2.75) is 50.2 Å². The van der Waals surface area contributed by atoms with E-state index in [1.807, 2.05) is 31.2 Å². The molecule has 1 saturated heterocycles. The van der Waals surface area contributed by atoms with Gasteiger partial charge in [0.2, 0.25) is 0 Å². The molecular weight excluding hydrogens is 401 g/mol. The van der Waals surface area contributed by atoms with E-state index in [0.717, 1.165) is 22.9 Å². The van der Waals surface area contributed by atoms with E-state index in [-0.39, 0.29) is 17.6 Å². The molecule has 2 unspecified atom stereocenters. The fraction of sp³-hybridized carbons (Fsp3) is 0.409. The number of hydrogen-bond acceptors (Lipinski definition) is 4. The van der Waals surface area contributed by atoms with Gasteiger partial charge in [0.05, 0.1) is 23.8 Å². The maximum atomic E-state index is 14.6. The van der Waals surface area contributed by atoms with Crippen LogP contribution in [0.1, 0.15) is 59.3 Å². The van der Waals surface area contributed by atoms with Crippen LogP contribution in [0.5, 0.6) is 0 Å². The van der Waals surface area contributed by atoms with Gasteiger partial charge in [-0.05, 0) is 43.2 Å². The summed E-state index contributed by atoms with van der Waals surface area (Å²) in [5.74, 6) is -1.64. The van der Waals surface area contributed by atoms with Gasteiger partial charge in [0.1, 0.15) is 11.9 Å². The van der Waals surface area contributed by atoms with Gasteiger partial charge < -0.3 is 9.47 Å². The molecule has 156 valence electrons. The third kappa shape index (κ3) is 5.14. The molecule has 0 aliphatic carbocycles. The molecule has 3 rings (SSSR count). The van der Waals surface area contributed by atoms with Gasteiger partial charge in [-0.25, -0.2) is 18.0 Å². The van der Waals surface area contributed by atoms with Gasteiger partial charge in [-0.15, -0.1) is 11.8 Å². The normalized spacial score (nSPS) is 19.4.